The third-order valence-corrected chi connectivity index (χ3v) is 3.31. The summed E-state index contributed by atoms with van der Waals surface area (Å²) in [6.07, 6.45) is -4.50. The average molecular weight is 360 g/mol. The Labute approximate surface area is 141 Å². The van der Waals surface area contributed by atoms with Gasteiger partial charge in [-0.25, -0.2) is 0 Å². The van der Waals surface area contributed by atoms with Crippen molar-refractivity contribution >= 4 is 23.2 Å². The molecule has 24 heavy (non-hydrogen) atoms. The van der Waals surface area contributed by atoms with Crippen LogP contribution < -0.4 is 14.8 Å². The van der Waals surface area contributed by atoms with E-state index in [1.165, 1.54) is 7.11 Å². The molecule has 2 aromatic carbocycles. The fourth-order valence-electron chi connectivity index (χ4n) is 1.80. The Bertz CT molecular complexity index is 717. The van der Waals surface area contributed by atoms with Gasteiger partial charge < -0.3 is 14.8 Å². The van der Waals surface area contributed by atoms with Crippen molar-refractivity contribution in [3.63, 3.8) is 0 Å². The fourth-order valence-corrected chi connectivity index (χ4v) is 2.03. The zero-order valence-electron chi connectivity index (χ0n) is 12.5. The molecule has 0 saturated heterocycles. The topological polar surface area (TPSA) is 47.6 Å². The number of rotatable bonds is 5. The number of halogens is 4. The number of nitrogens with one attached hydrogen (secondary N) is 1. The minimum atomic E-state index is -4.50. The molecule has 0 aromatic heterocycles. The molecule has 1 amide bonds. The van der Waals surface area contributed by atoms with E-state index in [4.69, 9.17) is 21.1 Å². The van der Waals surface area contributed by atoms with Crippen molar-refractivity contribution in [2.24, 2.45) is 0 Å². The van der Waals surface area contributed by atoms with Crippen molar-refractivity contribution in [3.05, 3.63) is 53.1 Å². The summed E-state index contributed by atoms with van der Waals surface area (Å²) in [6.45, 7) is -0.316. The van der Waals surface area contributed by atoms with E-state index < -0.39 is 17.6 Å². The van der Waals surface area contributed by atoms with Crippen LogP contribution in [0.1, 0.15) is 5.56 Å². The first-order valence-corrected chi connectivity index (χ1v) is 7.11. The number of alkyl halides is 3. The molecular formula is C16H13ClF3NO3. The van der Waals surface area contributed by atoms with Gasteiger partial charge in [-0.3, -0.25) is 4.79 Å². The van der Waals surface area contributed by atoms with Gasteiger partial charge >= 0.3 is 6.18 Å². The number of anilines is 1. The van der Waals surface area contributed by atoms with Gasteiger partial charge in [0.1, 0.15) is 11.5 Å². The highest BCUT2D eigenvalue weighted by Gasteiger charge is 2.30. The van der Waals surface area contributed by atoms with E-state index in [-0.39, 0.29) is 17.3 Å². The molecule has 4 nitrogen and oxygen atoms in total. The average Bonchev–Trinajstić information content (AvgIpc) is 2.54. The second-order valence-electron chi connectivity index (χ2n) is 4.70. The number of carbonyl (C=O) groups is 1. The maximum absolute atomic E-state index is 12.5. The molecule has 0 spiro atoms. The lowest BCUT2D eigenvalue weighted by atomic mass is 10.2. The zero-order valence-corrected chi connectivity index (χ0v) is 13.2. The number of carbonyl (C=O) groups excluding carboxylic acids is 1. The third-order valence-electron chi connectivity index (χ3n) is 3.00. The number of hydrogen-bond acceptors (Lipinski definition) is 3. The Morgan fingerprint density at radius 1 is 1.12 bits per heavy atom. The predicted molar refractivity (Wildman–Crippen MR) is 83.6 cm³/mol. The molecule has 0 atom stereocenters. The summed E-state index contributed by atoms with van der Waals surface area (Å²) < 4.78 is 47.9. The van der Waals surface area contributed by atoms with Crippen molar-refractivity contribution in [2.45, 2.75) is 6.18 Å². The first-order chi connectivity index (χ1) is 11.3. The second kappa shape index (κ2) is 7.44. The normalized spacial score (nSPS) is 11.0. The zero-order chi connectivity index (χ0) is 17.7. The lowest BCUT2D eigenvalue weighted by molar-refractivity contribution is -0.137. The molecule has 0 aliphatic carbocycles. The predicted octanol–water partition coefficient (Wildman–Crippen LogP) is 4.38. The molecule has 0 bridgehead atoms. The number of methoxy groups -OCH3 is 1. The summed E-state index contributed by atoms with van der Waals surface area (Å²) in [6, 6.07) is 9.26. The first-order valence-electron chi connectivity index (χ1n) is 6.73. The van der Waals surface area contributed by atoms with Crippen LogP contribution in [0.2, 0.25) is 5.02 Å². The summed E-state index contributed by atoms with van der Waals surface area (Å²) in [7, 11) is 1.52. The molecule has 8 heteroatoms. The van der Waals surface area contributed by atoms with Crippen LogP contribution >= 0.6 is 11.6 Å². The molecule has 0 saturated carbocycles. The quantitative estimate of drug-likeness (QED) is 0.861. The maximum Gasteiger partial charge on any atom is 0.416 e. The number of benzene rings is 2. The lowest BCUT2D eigenvalue weighted by Crippen LogP contribution is -2.20. The fraction of sp³-hybridized carbons (Fsp3) is 0.188. The Kier molecular flexibility index (Phi) is 5.56. The van der Waals surface area contributed by atoms with E-state index in [2.05, 4.69) is 5.32 Å². The lowest BCUT2D eigenvalue weighted by Gasteiger charge is -2.11. The van der Waals surface area contributed by atoms with Crippen molar-refractivity contribution < 1.29 is 27.4 Å². The minimum Gasteiger partial charge on any atom is -0.497 e. The van der Waals surface area contributed by atoms with Gasteiger partial charge in [-0.15, -0.1) is 0 Å². The van der Waals surface area contributed by atoms with Crippen LogP contribution in [0, 0.1) is 0 Å². The molecule has 0 radical (unpaired) electrons. The summed E-state index contributed by atoms with van der Waals surface area (Å²) in [5.41, 5.74) is -0.812. The van der Waals surface area contributed by atoms with Crippen LogP contribution in [0.3, 0.4) is 0 Å². The van der Waals surface area contributed by atoms with E-state index in [9.17, 15) is 18.0 Å². The third kappa shape index (κ3) is 4.79. The van der Waals surface area contributed by atoms with Crippen LogP contribution in [0.4, 0.5) is 18.9 Å². The van der Waals surface area contributed by atoms with Gasteiger partial charge in [0, 0.05) is 0 Å². The molecule has 0 heterocycles. The number of amides is 1. The van der Waals surface area contributed by atoms with Crippen LogP contribution in [-0.2, 0) is 11.0 Å². The van der Waals surface area contributed by atoms with Gasteiger partial charge in [-0.1, -0.05) is 11.6 Å². The summed E-state index contributed by atoms with van der Waals surface area (Å²) in [5.74, 6) is 0.542. The smallest absolute Gasteiger partial charge is 0.416 e. The van der Waals surface area contributed by atoms with Gasteiger partial charge in [0.25, 0.3) is 5.91 Å². The highest BCUT2D eigenvalue weighted by Crippen LogP contribution is 2.33. The summed E-state index contributed by atoms with van der Waals surface area (Å²) in [5, 5.41) is 2.19. The molecular weight excluding hydrogens is 347 g/mol. The first kappa shape index (κ1) is 17.9. The Hall–Kier alpha value is -2.41. The molecule has 2 rings (SSSR count). The largest absolute Gasteiger partial charge is 0.497 e. The van der Waals surface area contributed by atoms with Gasteiger partial charge in [-0.05, 0) is 42.5 Å². The van der Waals surface area contributed by atoms with Crippen molar-refractivity contribution in [1.82, 2.24) is 0 Å². The van der Waals surface area contributed by atoms with Crippen molar-refractivity contribution in [2.75, 3.05) is 19.0 Å². The highest BCUT2D eigenvalue weighted by atomic mass is 35.5. The molecule has 0 aliphatic rings. The molecule has 128 valence electrons. The van der Waals surface area contributed by atoms with Gasteiger partial charge in [-0.2, -0.15) is 13.2 Å². The van der Waals surface area contributed by atoms with Crippen LogP contribution in [0.25, 0.3) is 0 Å². The number of hydrogen-bond donors (Lipinski definition) is 1. The molecule has 0 fully saturated rings. The highest BCUT2D eigenvalue weighted by molar-refractivity contribution is 6.33. The molecule has 0 unspecified atom stereocenters. The maximum atomic E-state index is 12.5. The van der Waals surface area contributed by atoms with Crippen LogP contribution in [0.5, 0.6) is 11.5 Å². The van der Waals surface area contributed by atoms with E-state index in [0.717, 1.165) is 18.2 Å². The van der Waals surface area contributed by atoms with Gasteiger partial charge in [0.15, 0.2) is 6.61 Å². The van der Waals surface area contributed by atoms with Crippen LogP contribution in [-0.4, -0.2) is 19.6 Å². The monoisotopic (exact) mass is 359 g/mol. The molecule has 2 aromatic rings. The van der Waals surface area contributed by atoms with E-state index in [0.29, 0.717) is 11.5 Å². The Balaban J connectivity index is 1.94. The Morgan fingerprint density at radius 2 is 1.75 bits per heavy atom. The standard InChI is InChI=1S/C16H13ClF3NO3/c1-23-11-3-5-12(6-4-11)24-9-15(22)21-14-7-2-10(8-13(14)17)16(18,19)20/h2-8H,9H2,1H3,(H,21,22). The SMILES string of the molecule is COc1ccc(OCC(=O)Nc2ccc(C(F)(F)F)cc2Cl)cc1. The van der Waals surface area contributed by atoms with Gasteiger partial charge in [0.05, 0.1) is 23.4 Å². The van der Waals surface area contributed by atoms with Crippen LogP contribution in [0.15, 0.2) is 42.5 Å². The Morgan fingerprint density at radius 3 is 2.29 bits per heavy atom. The van der Waals surface area contributed by atoms with E-state index in [1.54, 1.807) is 24.3 Å². The minimum absolute atomic E-state index is 0.0768. The summed E-state index contributed by atoms with van der Waals surface area (Å²) in [4.78, 5) is 11.8. The summed E-state index contributed by atoms with van der Waals surface area (Å²) >= 11 is 5.76. The molecule has 1 N–H and O–H groups in total. The van der Waals surface area contributed by atoms with Crippen molar-refractivity contribution in [3.8, 4) is 11.5 Å². The number of ether oxygens (including phenoxy) is 2. The van der Waals surface area contributed by atoms with E-state index >= 15 is 0 Å². The molecule has 0 aliphatic heterocycles. The van der Waals surface area contributed by atoms with E-state index in [1.807, 2.05) is 0 Å². The van der Waals surface area contributed by atoms with Gasteiger partial charge in [0.2, 0.25) is 0 Å². The van der Waals surface area contributed by atoms with Crippen molar-refractivity contribution in [1.29, 1.82) is 0 Å². The second-order valence-corrected chi connectivity index (χ2v) is 5.11.